The van der Waals surface area contributed by atoms with Gasteiger partial charge >= 0.3 is 5.97 Å². The Morgan fingerprint density at radius 2 is 2.33 bits per heavy atom. The molecule has 7 nitrogen and oxygen atoms in total. The largest absolute Gasteiger partial charge is 0.475 e. The van der Waals surface area contributed by atoms with Crippen molar-refractivity contribution in [3.05, 3.63) is 35.4 Å². The molecule has 0 saturated heterocycles. The van der Waals surface area contributed by atoms with Gasteiger partial charge in [0.2, 0.25) is 11.7 Å². The van der Waals surface area contributed by atoms with Crippen LogP contribution in [0, 0.1) is 6.92 Å². The number of carboxylic acids is 1. The molecule has 2 rings (SSSR count). The quantitative estimate of drug-likeness (QED) is 0.738. The van der Waals surface area contributed by atoms with Crippen molar-refractivity contribution in [1.29, 1.82) is 0 Å². The topological polar surface area (TPSA) is 101 Å². The van der Waals surface area contributed by atoms with Gasteiger partial charge in [-0.05, 0) is 19.1 Å². The number of furan rings is 1. The summed E-state index contributed by atoms with van der Waals surface area (Å²) < 4.78 is 10.0. The van der Waals surface area contributed by atoms with Crippen molar-refractivity contribution in [3.63, 3.8) is 0 Å². The van der Waals surface area contributed by atoms with Crippen LogP contribution in [0.1, 0.15) is 28.0 Å². The number of aromatic carboxylic acids is 1. The summed E-state index contributed by atoms with van der Waals surface area (Å²) >= 11 is 0. The summed E-state index contributed by atoms with van der Waals surface area (Å²) in [6, 6.07) is 3.06. The number of aryl methyl sites for hydroxylation is 1. The number of aromatic nitrogens is 2. The summed E-state index contributed by atoms with van der Waals surface area (Å²) in [5, 5.41) is 15.5. The normalized spacial score (nSPS) is 10.7. The minimum absolute atomic E-state index is 0.0562. The Hall–Kier alpha value is -2.15. The fourth-order valence-electron chi connectivity index (χ4n) is 1.44. The van der Waals surface area contributed by atoms with Gasteiger partial charge in [-0.3, -0.25) is 0 Å². The maximum atomic E-state index is 10.6. The molecule has 7 heteroatoms. The Labute approximate surface area is 103 Å². The van der Waals surface area contributed by atoms with Crippen molar-refractivity contribution in [3.8, 4) is 0 Å². The summed E-state index contributed by atoms with van der Waals surface area (Å²) in [7, 11) is 0. The van der Waals surface area contributed by atoms with Gasteiger partial charge < -0.3 is 19.4 Å². The van der Waals surface area contributed by atoms with E-state index in [1.807, 2.05) is 0 Å². The molecule has 0 bridgehead atoms. The van der Waals surface area contributed by atoms with E-state index >= 15 is 0 Å². The fraction of sp³-hybridized carbons (Fsp3) is 0.364. The van der Waals surface area contributed by atoms with Crippen LogP contribution in [0.4, 0.5) is 0 Å². The van der Waals surface area contributed by atoms with Crippen molar-refractivity contribution >= 4 is 5.97 Å². The molecule has 0 radical (unpaired) electrons. The van der Waals surface area contributed by atoms with E-state index in [2.05, 4.69) is 15.5 Å². The molecule has 2 aromatic rings. The van der Waals surface area contributed by atoms with Gasteiger partial charge in [0, 0.05) is 13.0 Å². The van der Waals surface area contributed by atoms with Gasteiger partial charge in [-0.2, -0.15) is 4.98 Å². The van der Waals surface area contributed by atoms with Crippen LogP contribution in [0.15, 0.2) is 21.1 Å². The first-order valence-corrected chi connectivity index (χ1v) is 5.47. The molecule has 0 unspecified atom stereocenters. The van der Waals surface area contributed by atoms with E-state index in [4.69, 9.17) is 14.0 Å². The first-order chi connectivity index (χ1) is 8.65. The monoisotopic (exact) mass is 251 g/mol. The van der Waals surface area contributed by atoms with Gasteiger partial charge in [-0.1, -0.05) is 5.16 Å². The third-order valence-corrected chi connectivity index (χ3v) is 2.26. The fourth-order valence-corrected chi connectivity index (χ4v) is 1.44. The summed E-state index contributed by atoms with van der Waals surface area (Å²) in [4.78, 5) is 14.7. The molecule has 0 aliphatic rings. The molecule has 96 valence electrons. The zero-order valence-corrected chi connectivity index (χ0v) is 9.84. The minimum Gasteiger partial charge on any atom is -0.475 e. The lowest BCUT2D eigenvalue weighted by Gasteiger charge is -1.99. The first kappa shape index (κ1) is 12.3. The molecule has 0 fully saturated rings. The number of nitrogens with one attached hydrogen (secondary N) is 1. The van der Waals surface area contributed by atoms with E-state index in [0.717, 1.165) is 0 Å². The van der Waals surface area contributed by atoms with Gasteiger partial charge in [0.25, 0.3) is 0 Å². The van der Waals surface area contributed by atoms with Crippen LogP contribution >= 0.6 is 0 Å². The van der Waals surface area contributed by atoms with Crippen LogP contribution in [-0.2, 0) is 13.0 Å². The van der Waals surface area contributed by atoms with E-state index in [1.54, 1.807) is 13.0 Å². The molecule has 0 aromatic carbocycles. The molecule has 18 heavy (non-hydrogen) atoms. The highest BCUT2D eigenvalue weighted by atomic mass is 16.5. The van der Waals surface area contributed by atoms with Gasteiger partial charge in [-0.25, -0.2) is 4.79 Å². The molecule has 0 aliphatic heterocycles. The van der Waals surface area contributed by atoms with Crippen LogP contribution in [0.5, 0.6) is 0 Å². The molecule has 2 N–H and O–H groups in total. The lowest BCUT2D eigenvalue weighted by atomic mass is 10.4. The van der Waals surface area contributed by atoms with Crippen molar-refractivity contribution in [1.82, 2.24) is 15.5 Å². The van der Waals surface area contributed by atoms with Crippen LogP contribution in [0.25, 0.3) is 0 Å². The minimum atomic E-state index is -1.07. The average molecular weight is 251 g/mol. The molecular formula is C11H13N3O4. The summed E-state index contributed by atoms with van der Waals surface area (Å²) in [6.45, 7) is 2.86. The Bertz CT molecular complexity index is 532. The second-order valence-corrected chi connectivity index (χ2v) is 3.73. The third-order valence-electron chi connectivity index (χ3n) is 2.26. The molecule has 0 spiro atoms. The number of carbonyl (C=O) groups is 1. The first-order valence-electron chi connectivity index (χ1n) is 5.47. The van der Waals surface area contributed by atoms with E-state index in [1.165, 1.54) is 6.07 Å². The van der Waals surface area contributed by atoms with Gasteiger partial charge in [0.1, 0.15) is 5.76 Å². The second kappa shape index (κ2) is 5.46. The average Bonchev–Trinajstić information content (AvgIpc) is 2.93. The Morgan fingerprint density at radius 1 is 1.50 bits per heavy atom. The van der Waals surface area contributed by atoms with Crippen LogP contribution in [-0.4, -0.2) is 27.8 Å². The highest BCUT2D eigenvalue weighted by Gasteiger charge is 2.08. The van der Waals surface area contributed by atoms with Crippen molar-refractivity contribution in [2.75, 3.05) is 6.54 Å². The van der Waals surface area contributed by atoms with E-state index < -0.39 is 5.97 Å². The molecule has 0 atom stereocenters. The number of hydrogen-bond donors (Lipinski definition) is 2. The zero-order valence-electron chi connectivity index (χ0n) is 9.84. The predicted molar refractivity (Wildman–Crippen MR) is 60.1 cm³/mol. The van der Waals surface area contributed by atoms with Crippen LogP contribution in [0.2, 0.25) is 0 Å². The van der Waals surface area contributed by atoms with Crippen molar-refractivity contribution in [2.45, 2.75) is 19.9 Å². The number of carboxylic acid groups (broad SMARTS) is 1. The number of hydrogen-bond acceptors (Lipinski definition) is 6. The Kier molecular flexibility index (Phi) is 3.73. The number of nitrogens with zero attached hydrogens (tertiary/aromatic N) is 2. The Balaban J connectivity index is 1.73. The van der Waals surface area contributed by atoms with Gasteiger partial charge in [0.05, 0.1) is 6.54 Å². The van der Waals surface area contributed by atoms with E-state index in [-0.39, 0.29) is 5.76 Å². The van der Waals surface area contributed by atoms with E-state index in [9.17, 15) is 4.79 Å². The molecule has 0 aliphatic carbocycles. The van der Waals surface area contributed by atoms with E-state index in [0.29, 0.717) is 37.0 Å². The van der Waals surface area contributed by atoms with Crippen molar-refractivity contribution < 1.29 is 18.8 Å². The molecular weight excluding hydrogens is 238 g/mol. The lowest BCUT2D eigenvalue weighted by Crippen LogP contribution is -2.16. The number of rotatable bonds is 6. The highest BCUT2D eigenvalue weighted by Crippen LogP contribution is 2.07. The SMILES string of the molecule is Cc1noc(CCNCc2ccc(C(=O)O)o2)n1. The smallest absolute Gasteiger partial charge is 0.371 e. The molecule has 2 heterocycles. The van der Waals surface area contributed by atoms with Gasteiger partial charge in [-0.15, -0.1) is 0 Å². The second-order valence-electron chi connectivity index (χ2n) is 3.73. The third kappa shape index (κ3) is 3.17. The van der Waals surface area contributed by atoms with Gasteiger partial charge in [0.15, 0.2) is 5.82 Å². The van der Waals surface area contributed by atoms with Crippen molar-refractivity contribution in [2.24, 2.45) is 0 Å². The van der Waals surface area contributed by atoms with Crippen LogP contribution in [0.3, 0.4) is 0 Å². The molecule has 0 amide bonds. The van der Waals surface area contributed by atoms with Crippen LogP contribution < -0.4 is 5.32 Å². The lowest BCUT2D eigenvalue weighted by molar-refractivity contribution is 0.0660. The Morgan fingerprint density at radius 3 is 2.94 bits per heavy atom. The maximum absolute atomic E-state index is 10.6. The molecule has 0 saturated carbocycles. The summed E-state index contributed by atoms with van der Waals surface area (Å²) in [6.07, 6.45) is 0.618. The zero-order chi connectivity index (χ0) is 13.0. The molecule has 2 aromatic heterocycles. The summed E-state index contributed by atoms with van der Waals surface area (Å²) in [5.41, 5.74) is 0. The highest BCUT2D eigenvalue weighted by molar-refractivity contribution is 5.84. The maximum Gasteiger partial charge on any atom is 0.371 e. The summed E-state index contributed by atoms with van der Waals surface area (Å²) in [5.74, 6) is 0.642. The predicted octanol–water partition coefficient (Wildman–Crippen LogP) is 1.00. The standard InChI is InChI=1S/C11H13N3O4/c1-7-13-10(18-14-7)4-5-12-6-8-2-3-9(17-8)11(15)16/h2-3,12H,4-6H2,1H3,(H,15,16).